The van der Waals surface area contributed by atoms with E-state index in [2.05, 4.69) is 38.4 Å². The van der Waals surface area contributed by atoms with E-state index in [4.69, 9.17) is 0 Å². The molecule has 0 bridgehead atoms. The molecule has 2 aromatic rings. The first-order chi connectivity index (χ1) is 13.7. The number of aromatic amines is 1. The maximum absolute atomic E-state index is 12.7. The van der Waals surface area contributed by atoms with Crippen LogP contribution in [0.3, 0.4) is 0 Å². The second kappa shape index (κ2) is 8.63. The van der Waals surface area contributed by atoms with E-state index in [9.17, 15) is 4.79 Å². The molecule has 7 heteroatoms. The number of urea groups is 1. The molecule has 1 aliphatic carbocycles. The summed E-state index contributed by atoms with van der Waals surface area (Å²) in [6.07, 6.45) is 10.6. The number of anilines is 1. The van der Waals surface area contributed by atoms with Gasteiger partial charge in [0.25, 0.3) is 0 Å². The second-order valence-electron chi connectivity index (χ2n) is 7.84. The summed E-state index contributed by atoms with van der Waals surface area (Å²) in [4.78, 5) is 21.2. The summed E-state index contributed by atoms with van der Waals surface area (Å²) in [6.45, 7) is 5.91. The highest BCUT2D eigenvalue weighted by Gasteiger charge is 2.21. The van der Waals surface area contributed by atoms with Crippen molar-refractivity contribution in [3.63, 3.8) is 0 Å². The maximum atomic E-state index is 12.7. The van der Waals surface area contributed by atoms with Crippen LogP contribution in [0.4, 0.5) is 10.5 Å². The average molecular weight is 383 g/mol. The van der Waals surface area contributed by atoms with Crippen molar-refractivity contribution in [3.05, 3.63) is 41.0 Å². The van der Waals surface area contributed by atoms with Gasteiger partial charge in [0.15, 0.2) is 0 Å². The molecule has 1 aliphatic heterocycles. The van der Waals surface area contributed by atoms with Crippen molar-refractivity contribution >= 4 is 11.7 Å². The van der Waals surface area contributed by atoms with Crippen LogP contribution in [-0.4, -0.2) is 52.3 Å². The molecule has 0 saturated carbocycles. The molecule has 2 N–H and O–H groups in total. The van der Waals surface area contributed by atoms with Gasteiger partial charge in [0.1, 0.15) is 0 Å². The summed E-state index contributed by atoms with van der Waals surface area (Å²) >= 11 is 0. The molecule has 4 rings (SSSR count). The number of aryl methyl sites for hydroxylation is 2. The van der Waals surface area contributed by atoms with Gasteiger partial charge < -0.3 is 15.1 Å². The number of nitrogens with one attached hydrogen (secondary N) is 2. The number of amides is 2. The quantitative estimate of drug-likeness (QED) is 0.801. The Bertz CT molecular complexity index is 817. The Balaban J connectivity index is 1.33. The van der Waals surface area contributed by atoms with Gasteiger partial charge in [-0.15, -0.1) is 0 Å². The summed E-state index contributed by atoms with van der Waals surface area (Å²) in [5.41, 5.74) is 6.00. The predicted octanol–water partition coefficient (Wildman–Crippen LogP) is 2.80. The third-order valence-electron chi connectivity index (χ3n) is 5.91. The number of H-pyrrole nitrogens is 1. The molecule has 1 saturated heterocycles. The Morgan fingerprint density at radius 3 is 2.93 bits per heavy atom. The third kappa shape index (κ3) is 4.13. The van der Waals surface area contributed by atoms with Crippen molar-refractivity contribution in [1.29, 1.82) is 0 Å². The van der Waals surface area contributed by atoms with E-state index >= 15 is 0 Å². The Hall–Kier alpha value is -2.57. The highest BCUT2D eigenvalue weighted by molar-refractivity contribution is 5.74. The lowest BCUT2D eigenvalue weighted by Crippen LogP contribution is -2.42. The lowest BCUT2D eigenvalue weighted by Gasteiger charge is -2.25. The molecule has 0 spiro atoms. The standard InChI is InChI=1S/C21H30N6O/c1-16-14-22-9-8-20(16)26-10-5-11-27(13-12-26)21(28)23-15-19-17-6-3-2-4-7-18(17)24-25-19/h8-9,14H,2-7,10-13,15H2,1H3,(H,23,28)(H,24,25). The molecule has 1 fully saturated rings. The topological polar surface area (TPSA) is 77.2 Å². The molecule has 28 heavy (non-hydrogen) atoms. The van der Waals surface area contributed by atoms with Crippen molar-refractivity contribution in [2.75, 3.05) is 31.1 Å². The summed E-state index contributed by atoms with van der Waals surface area (Å²) in [6, 6.07) is 2.08. The number of aromatic nitrogens is 3. The van der Waals surface area contributed by atoms with E-state index in [0.717, 1.165) is 51.1 Å². The molecule has 0 atom stereocenters. The van der Waals surface area contributed by atoms with Crippen molar-refractivity contribution in [2.45, 2.75) is 52.0 Å². The van der Waals surface area contributed by atoms with E-state index in [0.29, 0.717) is 6.54 Å². The Morgan fingerprint density at radius 2 is 2.04 bits per heavy atom. The molecular weight excluding hydrogens is 352 g/mol. The predicted molar refractivity (Wildman–Crippen MR) is 109 cm³/mol. The number of hydrogen-bond donors (Lipinski definition) is 2. The van der Waals surface area contributed by atoms with Crippen molar-refractivity contribution in [3.8, 4) is 0 Å². The fraction of sp³-hybridized carbons (Fsp3) is 0.571. The number of carbonyl (C=O) groups excluding carboxylic acids is 1. The van der Waals surface area contributed by atoms with Gasteiger partial charge in [0.05, 0.1) is 12.2 Å². The number of pyridine rings is 1. The van der Waals surface area contributed by atoms with E-state index in [1.807, 2.05) is 17.3 Å². The van der Waals surface area contributed by atoms with E-state index in [-0.39, 0.29) is 6.03 Å². The summed E-state index contributed by atoms with van der Waals surface area (Å²) in [5, 5.41) is 10.7. The number of carbonyl (C=O) groups is 1. The van der Waals surface area contributed by atoms with Gasteiger partial charge in [-0.3, -0.25) is 10.1 Å². The molecule has 7 nitrogen and oxygen atoms in total. The average Bonchev–Trinajstić information content (AvgIpc) is 2.89. The first kappa shape index (κ1) is 18.8. The van der Waals surface area contributed by atoms with Gasteiger partial charge in [-0.2, -0.15) is 5.10 Å². The minimum absolute atomic E-state index is 0.0127. The SMILES string of the molecule is Cc1cnccc1N1CCCN(C(=O)NCc2n[nH]c3c2CCCCC3)CC1. The van der Waals surface area contributed by atoms with Crippen LogP contribution in [0.2, 0.25) is 0 Å². The summed E-state index contributed by atoms with van der Waals surface area (Å²) in [5.74, 6) is 0. The molecule has 2 amide bonds. The monoisotopic (exact) mass is 382 g/mol. The molecule has 3 heterocycles. The van der Waals surface area contributed by atoms with Crippen LogP contribution in [0, 0.1) is 6.92 Å². The smallest absolute Gasteiger partial charge is 0.317 e. The molecule has 0 radical (unpaired) electrons. The van der Waals surface area contributed by atoms with Crippen LogP contribution in [0.25, 0.3) is 0 Å². The summed E-state index contributed by atoms with van der Waals surface area (Å²) < 4.78 is 0. The largest absolute Gasteiger partial charge is 0.369 e. The van der Waals surface area contributed by atoms with Gasteiger partial charge in [0.2, 0.25) is 0 Å². The number of rotatable bonds is 3. The third-order valence-corrected chi connectivity index (χ3v) is 5.91. The highest BCUT2D eigenvalue weighted by Crippen LogP contribution is 2.22. The van der Waals surface area contributed by atoms with Gasteiger partial charge in [-0.25, -0.2) is 4.79 Å². The molecule has 2 aliphatic rings. The van der Waals surface area contributed by atoms with Gasteiger partial charge in [0, 0.05) is 50.0 Å². The van der Waals surface area contributed by atoms with Crippen LogP contribution in [0.5, 0.6) is 0 Å². The van der Waals surface area contributed by atoms with Gasteiger partial charge in [-0.05, 0) is 56.2 Å². The second-order valence-corrected chi connectivity index (χ2v) is 7.84. The lowest BCUT2D eigenvalue weighted by atomic mass is 10.1. The van der Waals surface area contributed by atoms with E-state index in [1.165, 1.54) is 41.8 Å². The van der Waals surface area contributed by atoms with Crippen LogP contribution < -0.4 is 10.2 Å². The van der Waals surface area contributed by atoms with Crippen LogP contribution in [-0.2, 0) is 19.4 Å². The fourth-order valence-electron chi connectivity index (χ4n) is 4.33. The first-order valence-corrected chi connectivity index (χ1v) is 10.5. The zero-order chi connectivity index (χ0) is 19.3. The highest BCUT2D eigenvalue weighted by atomic mass is 16.2. The lowest BCUT2D eigenvalue weighted by molar-refractivity contribution is 0.201. The Morgan fingerprint density at radius 1 is 1.14 bits per heavy atom. The van der Waals surface area contributed by atoms with Crippen molar-refractivity contribution in [2.24, 2.45) is 0 Å². The molecular formula is C21H30N6O. The zero-order valence-corrected chi connectivity index (χ0v) is 16.7. The van der Waals surface area contributed by atoms with Gasteiger partial charge >= 0.3 is 6.03 Å². The normalized spacial score (nSPS) is 17.6. The van der Waals surface area contributed by atoms with Crippen molar-refractivity contribution in [1.82, 2.24) is 25.4 Å². The maximum Gasteiger partial charge on any atom is 0.317 e. The Labute approximate surface area is 166 Å². The fourth-order valence-corrected chi connectivity index (χ4v) is 4.33. The number of hydrogen-bond acceptors (Lipinski definition) is 4. The van der Waals surface area contributed by atoms with E-state index < -0.39 is 0 Å². The number of fused-ring (bicyclic) bond motifs is 1. The van der Waals surface area contributed by atoms with Crippen LogP contribution >= 0.6 is 0 Å². The number of nitrogens with zero attached hydrogens (tertiary/aromatic N) is 4. The first-order valence-electron chi connectivity index (χ1n) is 10.5. The van der Waals surface area contributed by atoms with E-state index in [1.54, 1.807) is 0 Å². The zero-order valence-electron chi connectivity index (χ0n) is 16.7. The molecule has 150 valence electrons. The van der Waals surface area contributed by atoms with Crippen molar-refractivity contribution < 1.29 is 4.79 Å². The summed E-state index contributed by atoms with van der Waals surface area (Å²) in [7, 11) is 0. The van der Waals surface area contributed by atoms with Gasteiger partial charge in [-0.1, -0.05) is 6.42 Å². The molecule has 0 aromatic carbocycles. The van der Waals surface area contributed by atoms with Crippen LogP contribution in [0.1, 0.15) is 48.2 Å². The Kier molecular flexibility index (Phi) is 5.78. The van der Waals surface area contributed by atoms with Crippen LogP contribution in [0.15, 0.2) is 18.5 Å². The minimum atomic E-state index is 0.0127. The minimum Gasteiger partial charge on any atom is -0.369 e. The molecule has 0 unspecified atom stereocenters. The molecule has 2 aromatic heterocycles.